The Labute approximate surface area is 81.2 Å². The number of carbonyl (C=O) groups excluding carboxylic acids is 1. The van der Waals surface area contributed by atoms with Crippen LogP contribution in [0.2, 0.25) is 0 Å². The Bertz CT molecular complexity index is 154. The second-order valence-electron chi connectivity index (χ2n) is 3.55. The van der Waals surface area contributed by atoms with Gasteiger partial charge >= 0.3 is 5.97 Å². The van der Waals surface area contributed by atoms with Crippen molar-refractivity contribution in [3.05, 3.63) is 0 Å². The van der Waals surface area contributed by atoms with Crippen molar-refractivity contribution in [2.45, 2.75) is 25.6 Å². The monoisotopic (exact) mass is 238 g/mol. The number of ether oxygens (including phenoxy) is 1. The van der Waals surface area contributed by atoms with E-state index in [1.165, 1.54) is 0 Å². The third-order valence-corrected chi connectivity index (χ3v) is 1.73. The van der Waals surface area contributed by atoms with E-state index in [4.69, 9.17) is 9.84 Å². The summed E-state index contributed by atoms with van der Waals surface area (Å²) >= 11 is 3.09. The third kappa shape index (κ3) is 4.72. The summed E-state index contributed by atoms with van der Waals surface area (Å²) < 4.78 is 4.91. The van der Waals surface area contributed by atoms with Gasteiger partial charge in [-0.15, -0.1) is 0 Å². The Balaban J connectivity index is 3.76. The van der Waals surface area contributed by atoms with Crippen molar-refractivity contribution in [3.63, 3.8) is 0 Å². The van der Waals surface area contributed by atoms with Gasteiger partial charge in [0.25, 0.3) is 0 Å². The van der Waals surface area contributed by atoms with Crippen LogP contribution in [0.25, 0.3) is 0 Å². The van der Waals surface area contributed by atoms with Crippen LogP contribution in [0.5, 0.6) is 0 Å². The number of aliphatic hydroxyl groups is 1. The van der Waals surface area contributed by atoms with Crippen LogP contribution in [0.15, 0.2) is 0 Å². The lowest BCUT2D eigenvalue weighted by Gasteiger charge is -2.21. The maximum atomic E-state index is 11.0. The van der Waals surface area contributed by atoms with Gasteiger partial charge in [0.2, 0.25) is 0 Å². The molecular formula is C8H15BrO3. The molecule has 72 valence electrons. The fourth-order valence-corrected chi connectivity index (χ4v) is 0.559. The highest BCUT2D eigenvalue weighted by atomic mass is 79.9. The van der Waals surface area contributed by atoms with Crippen molar-refractivity contribution in [1.82, 2.24) is 0 Å². The van der Waals surface area contributed by atoms with Crippen LogP contribution in [0.1, 0.15) is 20.8 Å². The lowest BCUT2D eigenvalue weighted by molar-refractivity contribution is -0.146. The molecule has 0 aliphatic carbocycles. The highest BCUT2D eigenvalue weighted by molar-refractivity contribution is 9.10. The van der Waals surface area contributed by atoms with Gasteiger partial charge in [0.15, 0.2) is 0 Å². The van der Waals surface area contributed by atoms with E-state index in [0.29, 0.717) is 0 Å². The minimum Gasteiger partial charge on any atom is -0.464 e. The molecular weight excluding hydrogens is 224 g/mol. The molecule has 3 nitrogen and oxygen atoms in total. The smallest absolute Gasteiger partial charge is 0.319 e. The van der Waals surface area contributed by atoms with Crippen LogP contribution < -0.4 is 0 Å². The molecule has 0 aromatic heterocycles. The Morgan fingerprint density at radius 2 is 2.17 bits per heavy atom. The fourth-order valence-electron chi connectivity index (χ4n) is 0.427. The van der Waals surface area contributed by atoms with Crippen LogP contribution in [0.3, 0.4) is 0 Å². The van der Waals surface area contributed by atoms with Gasteiger partial charge in [-0.2, -0.15) is 0 Å². The van der Waals surface area contributed by atoms with Gasteiger partial charge in [0.05, 0.1) is 13.2 Å². The van der Waals surface area contributed by atoms with Gasteiger partial charge < -0.3 is 9.84 Å². The second-order valence-corrected chi connectivity index (χ2v) is 4.92. The lowest BCUT2D eigenvalue weighted by Crippen LogP contribution is -2.27. The molecule has 0 spiro atoms. The highest BCUT2D eigenvalue weighted by Crippen LogP contribution is 2.14. The Morgan fingerprint density at radius 3 is 2.50 bits per heavy atom. The molecule has 0 fully saturated rings. The van der Waals surface area contributed by atoms with E-state index in [9.17, 15) is 4.79 Å². The number of alkyl halides is 1. The standard InChI is InChI=1S/C8H15BrO3/c1-6(9)7(11)12-5-8(2,3)4-10/h6,10H,4-5H2,1-3H3. The van der Waals surface area contributed by atoms with Gasteiger partial charge in [0.1, 0.15) is 4.83 Å². The van der Waals surface area contributed by atoms with Gasteiger partial charge in [-0.25, -0.2) is 0 Å². The largest absolute Gasteiger partial charge is 0.464 e. The number of esters is 1. The number of halogens is 1. The normalized spacial score (nSPS) is 14.1. The first-order chi connectivity index (χ1) is 5.39. The van der Waals surface area contributed by atoms with Gasteiger partial charge in [-0.1, -0.05) is 29.8 Å². The van der Waals surface area contributed by atoms with Crippen LogP contribution >= 0.6 is 15.9 Å². The first-order valence-corrected chi connectivity index (χ1v) is 4.72. The molecule has 12 heavy (non-hydrogen) atoms. The topological polar surface area (TPSA) is 46.5 Å². The van der Waals surface area contributed by atoms with Crippen LogP contribution in [-0.2, 0) is 9.53 Å². The van der Waals surface area contributed by atoms with Crippen LogP contribution in [0, 0.1) is 5.41 Å². The molecule has 0 radical (unpaired) electrons. The van der Waals surface area contributed by atoms with Gasteiger partial charge in [-0.3, -0.25) is 4.79 Å². The zero-order valence-corrected chi connectivity index (χ0v) is 9.22. The van der Waals surface area contributed by atoms with Crippen molar-refractivity contribution in [2.24, 2.45) is 5.41 Å². The summed E-state index contributed by atoms with van der Waals surface area (Å²) in [4.78, 5) is 10.7. The predicted octanol–water partition coefficient (Wildman–Crippen LogP) is 1.33. The van der Waals surface area contributed by atoms with Crippen molar-refractivity contribution in [1.29, 1.82) is 0 Å². The van der Waals surface area contributed by atoms with Crippen LogP contribution in [0.4, 0.5) is 0 Å². The Morgan fingerprint density at radius 1 is 1.67 bits per heavy atom. The second kappa shape index (κ2) is 4.82. The molecule has 0 aliphatic rings. The molecule has 0 bridgehead atoms. The van der Waals surface area contributed by atoms with E-state index in [2.05, 4.69) is 15.9 Å². The zero-order valence-electron chi connectivity index (χ0n) is 7.63. The van der Waals surface area contributed by atoms with Crippen LogP contribution in [-0.4, -0.2) is 29.1 Å². The first kappa shape index (κ1) is 11.9. The van der Waals surface area contributed by atoms with Gasteiger partial charge in [0, 0.05) is 5.41 Å². The molecule has 0 aliphatic heterocycles. The molecule has 1 N–H and O–H groups in total. The molecule has 1 unspecified atom stereocenters. The third-order valence-electron chi connectivity index (χ3n) is 1.36. The molecule has 1 atom stereocenters. The average molecular weight is 239 g/mol. The van der Waals surface area contributed by atoms with Crippen molar-refractivity contribution < 1.29 is 14.6 Å². The summed E-state index contributed by atoms with van der Waals surface area (Å²) in [5, 5.41) is 8.84. The number of rotatable bonds is 4. The zero-order chi connectivity index (χ0) is 9.78. The molecule has 0 heterocycles. The summed E-state index contributed by atoms with van der Waals surface area (Å²) in [6.07, 6.45) is 0. The number of aliphatic hydroxyl groups excluding tert-OH is 1. The molecule has 0 rings (SSSR count). The first-order valence-electron chi connectivity index (χ1n) is 3.80. The molecule has 0 saturated carbocycles. The van der Waals surface area contributed by atoms with Gasteiger partial charge in [-0.05, 0) is 6.92 Å². The van der Waals surface area contributed by atoms with Crippen molar-refractivity contribution in [2.75, 3.05) is 13.2 Å². The Kier molecular flexibility index (Phi) is 4.78. The van der Waals surface area contributed by atoms with Crippen molar-refractivity contribution in [3.8, 4) is 0 Å². The number of hydrogen-bond donors (Lipinski definition) is 1. The summed E-state index contributed by atoms with van der Waals surface area (Å²) in [5.41, 5.74) is -0.350. The maximum absolute atomic E-state index is 11.0. The lowest BCUT2D eigenvalue weighted by atomic mass is 9.97. The quantitative estimate of drug-likeness (QED) is 0.594. The summed E-state index contributed by atoms with van der Waals surface area (Å²) in [6, 6.07) is 0. The predicted molar refractivity (Wildman–Crippen MR) is 50.2 cm³/mol. The van der Waals surface area contributed by atoms with E-state index in [-0.39, 0.29) is 29.4 Å². The molecule has 0 aromatic rings. The Hall–Kier alpha value is -0.0900. The summed E-state index contributed by atoms with van der Waals surface area (Å²) in [7, 11) is 0. The van der Waals surface area contributed by atoms with E-state index in [1.807, 2.05) is 13.8 Å². The minimum absolute atomic E-state index is 0.0109. The molecule has 0 amide bonds. The minimum atomic E-state index is -0.350. The van der Waals surface area contributed by atoms with E-state index in [0.717, 1.165) is 0 Å². The SMILES string of the molecule is CC(Br)C(=O)OCC(C)(C)CO. The van der Waals surface area contributed by atoms with E-state index in [1.54, 1.807) is 6.92 Å². The maximum Gasteiger partial charge on any atom is 0.319 e. The molecule has 0 aromatic carbocycles. The number of carbonyl (C=O) groups is 1. The van der Waals surface area contributed by atoms with Crippen molar-refractivity contribution >= 4 is 21.9 Å². The van der Waals surface area contributed by atoms with E-state index < -0.39 is 0 Å². The summed E-state index contributed by atoms with van der Waals surface area (Å²) in [6.45, 7) is 5.63. The van der Waals surface area contributed by atoms with E-state index >= 15 is 0 Å². The fraction of sp³-hybridized carbons (Fsp3) is 0.875. The highest BCUT2D eigenvalue weighted by Gasteiger charge is 2.20. The average Bonchev–Trinajstić information content (AvgIpc) is 2.00. The number of hydrogen-bond acceptors (Lipinski definition) is 3. The summed E-state index contributed by atoms with van der Waals surface area (Å²) in [5.74, 6) is -0.295. The molecule has 0 saturated heterocycles. The molecule has 4 heteroatoms.